The second-order valence-corrected chi connectivity index (χ2v) is 7.19. The molecule has 0 aromatic heterocycles. The molecule has 27 heavy (non-hydrogen) atoms. The van der Waals surface area contributed by atoms with E-state index >= 15 is 0 Å². The Morgan fingerprint density at radius 3 is 2.48 bits per heavy atom. The van der Waals surface area contributed by atoms with E-state index in [1.165, 1.54) is 5.56 Å². The van der Waals surface area contributed by atoms with E-state index in [9.17, 15) is 9.90 Å². The molecule has 2 aliphatic heterocycles. The average molecular weight is 420 g/mol. The first-order valence-corrected chi connectivity index (χ1v) is 8.93. The lowest BCUT2D eigenvalue weighted by Gasteiger charge is -2.36. The number of benzene rings is 1. The first-order chi connectivity index (χ1) is 12.1. The minimum absolute atomic E-state index is 0. The monoisotopic (exact) mass is 419 g/mol. The van der Waals surface area contributed by atoms with Crippen molar-refractivity contribution in [3.8, 4) is 11.5 Å². The zero-order chi connectivity index (χ0) is 17.4. The van der Waals surface area contributed by atoms with Crippen molar-refractivity contribution < 1.29 is 19.4 Å². The van der Waals surface area contributed by atoms with Gasteiger partial charge in [-0.1, -0.05) is 6.07 Å². The lowest BCUT2D eigenvalue weighted by molar-refractivity contribution is -0.137. The first kappa shape index (κ1) is 22.0. The van der Waals surface area contributed by atoms with Crippen molar-refractivity contribution in [2.45, 2.75) is 31.5 Å². The summed E-state index contributed by atoms with van der Waals surface area (Å²) >= 11 is 0. The summed E-state index contributed by atoms with van der Waals surface area (Å²) in [7, 11) is 0. The van der Waals surface area contributed by atoms with E-state index in [1.807, 2.05) is 17.0 Å². The van der Waals surface area contributed by atoms with Gasteiger partial charge < -0.3 is 25.2 Å². The van der Waals surface area contributed by atoms with Gasteiger partial charge in [-0.25, -0.2) is 0 Å². The van der Waals surface area contributed by atoms with Crippen LogP contribution in [0.1, 0.15) is 18.4 Å². The molecule has 3 atom stereocenters. The fraction of sp³-hybridized carbons (Fsp3) is 0.611. The van der Waals surface area contributed by atoms with Crippen molar-refractivity contribution in [1.29, 1.82) is 0 Å². The number of amides is 1. The number of halogens is 2. The van der Waals surface area contributed by atoms with Crippen LogP contribution in [0, 0.1) is 5.92 Å². The molecule has 7 nitrogen and oxygen atoms in total. The van der Waals surface area contributed by atoms with Crippen LogP contribution in [0.2, 0.25) is 0 Å². The molecule has 1 aromatic rings. The number of aliphatic hydroxyl groups excluding tert-OH is 1. The highest BCUT2D eigenvalue weighted by molar-refractivity contribution is 5.85. The number of carbonyl (C=O) groups is 1. The molecule has 0 radical (unpaired) electrons. The van der Waals surface area contributed by atoms with Gasteiger partial charge in [0.15, 0.2) is 11.5 Å². The summed E-state index contributed by atoms with van der Waals surface area (Å²) in [6, 6.07) is 5.78. The van der Waals surface area contributed by atoms with Crippen molar-refractivity contribution in [2.24, 2.45) is 11.7 Å². The van der Waals surface area contributed by atoms with Crippen molar-refractivity contribution in [3.63, 3.8) is 0 Å². The largest absolute Gasteiger partial charge is 0.454 e. The molecule has 9 heteroatoms. The van der Waals surface area contributed by atoms with Gasteiger partial charge in [-0.2, -0.15) is 0 Å². The van der Waals surface area contributed by atoms with Gasteiger partial charge in [0.1, 0.15) is 0 Å². The molecule has 2 heterocycles. The molecule has 1 saturated heterocycles. The van der Waals surface area contributed by atoms with E-state index in [2.05, 4.69) is 11.0 Å². The van der Waals surface area contributed by atoms with E-state index in [4.69, 9.17) is 15.2 Å². The third-order valence-corrected chi connectivity index (χ3v) is 5.45. The van der Waals surface area contributed by atoms with Gasteiger partial charge in [0, 0.05) is 44.7 Å². The number of carbonyl (C=O) groups excluding carboxylic acids is 1. The number of nitrogens with two attached hydrogens (primary N) is 1. The molecule has 0 spiro atoms. The number of aliphatic hydroxyl groups is 1. The third-order valence-electron chi connectivity index (χ3n) is 5.45. The number of nitrogens with zero attached hydrogens (tertiary/aromatic N) is 2. The van der Waals surface area contributed by atoms with Crippen LogP contribution in [0.3, 0.4) is 0 Å². The molecule has 3 N–H and O–H groups in total. The molecule has 1 saturated carbocycles. The number of hydrogen-bond acceptors (Lipinski definition) is 6. The topological polar surface area (TPSA) is 88.3 Å². The molecular weight excluding hydrogens is 393 g/mol. The van der Waals surface area contributed by atoms with Gasteiger partial charge in [-0.3, -0.25) is 9.69 Å². The molecule has 152 valence electrons. The Labute approximate surface area is 171 Å². The maximum absolute atomic E-state index is 12.6. The number of ether oxygens (including phenoxy) is 2. The van der Waals surface area contributed by atoms with Crippen LogP contribution in [0.4, 0.5) is 0 Å². The lowest BCUT2D eigenvalue weighted by atomic mass is 10.1. The summed E-state index contributed by atoms with van der Waals surface area (Å²) in [6.45, 7) is 4.28. The lowest BCUT2D eigenvalue weighted by Crippen LogP contribution is -2.49. The molecule has 4 rings (SSSR count). The quantitative estimate of drug-likeness (QED) is 0.759. The van der Waals surface area contributed by atoms with Gasteiger partial charge in [0.05, 0.1) is 6.10 Å². The second kappa shape index (κ2) is 9.30. The van der Waals surface area contributed by atoms with Crippen molar-refractivity contribution in [1.82, 2.24) is 9.80 Å². The van der Waals surface area contributed by atoms with Crippen molar-refractivity contribution >= 4 is 30.7 Å². The Balaban J connectivity index is 0.00000131. The molecule has 1 amide bonds. The molecular formula is C18H27Cl2N3O4. The highest BCUT2D eigenvalue weighted by Gasteiger charge is 2.37. The highest BCUT2D eigenvalue weighted by Crippen LogP contribution is 2.33. The third kappa shape index (κ3) is 4.78. The summed E-state index contributed by atoms with van der Waals surface area (Å²) in [5.41, 5.74) is 7.02. The molecule has 1 aliphatic carbocycles. The Kier molecular flexibility index (Phi) is 7.59. The van der Waals surface area contributed by atoms with E-state index in [-0.39, 0.29) is 42.7 Å². The number of rotatable bonds is 3. The number of fused-ring (bicyclic) bond motifs is 1. The van der Waals surface area contributed by atoms with Gasteiger partial charge in [0.25, 0.3) is 0 Å². The van der Waals surface area contributed by atoms with Crippen LogP contribution >= 0.6 is 24.8 Å². The highest BCUT2D eigenvalue weighted by atomic mass is 35.5. The van der Waals surface area contributed by atoms with Crippen LogP contribution in [0.5, 0.6) is 11.5 Å². The fourth-order valence-electron chi connectivity index (χ4n) is 3.93. The zero-order valence-electron chi connectivity index (χ0n) is 15.1. The normalized spacial score (nSPS) is 27.0. The smallest absolute Gasteiger partial charge is 0.231 e. The molecule has 3 aliphatic rings. The minimum atomic E-state index is -0.541. The maximum atomic E-state index is 12.6. The second-order valence-electron chi connectivity index (χ2n) is 7.19. The maximum Gasteiger partial charge on any atom is 0.231 e. The van der Waals surface area contributed by atoms with Gasteiger partial charge >= 0.3 is 0 Å². The van der Waals surface area contributed by atoms with Gasteiger partial charge in [-0.05, 0) is 30.5 Å². The summed E-state index contributed by atoms with van der Waals surface area (Å²) in [5.74, 6) is 1.64. The predicted molar refractivity (Wildman–Crippen MR) is 106 cm³/mol. The zero-order valence-corrected chi connectivity index (χ0v) is 16.7. The number of piperazine rings is 1. The Hall–Kier alpha value is -1.25. The molecule has 2 fully saturated rings. The fourth-order valence-corrected chi connectivity index (χ4v) is 3.93. The predicted octanol–water partition coefficient (Wildman–Crippen LogP) is 1.00. The Bertz CT molecular complexity index is 645. The molecule has 1 aromatic carbocycles. The Morgan fingerprint density at radius 1 is 1.11 bits per heavy atom. The standard InChI is InChI=1S/C18H25N3O4.2ClH/c19-14-8-13(9-15(14)22)18(23)21-5-3-20(4-6-21)10-12-1-2-16-17(7-12)25-11-24-16;;/h1-2,7,13-15,22H,3-6,8-11,19H2;2*1H/t13-,14+,15+;;/m0../s1. The van der Waals surface area contributed by atoms with Crippen LogP contribution in [0.25, 0.3) is 0 Å². The van der Waals surface area contributed by atoms with Crippen molar-refractivity contribution in [3.05, 3.63) is 23.8 Å². The average Bonchev–Trinajstić information content (AvgIpc) is 3.21. The van der Waals surface area contributed by atoms with E-state index < -0.39 is 6.10 Å². The summed E-state index contributed by atoms with van der Waals surface area (Å²) < 4.78 is 10.8. The minimum Gasteiger partial charge on any atom is -0.454 e. The van der Waals surface area contributed by atoms with Crippen LogP contribution in [0.15, 0.2) is 18.2 Å². The van der Waals surface area contributed by atoms with Crippen LogP contribution in [-0.4, -0.2) is 65.9 Å². The molecule has 0 unspecified atom stereocenters. The summed E-state index contributed by atoms with van der Waals surface area (Å²) in [5, 5.41) is 9.77. The van der Waals surface area contributed by atoms with Crippen LogP contribution < -0.4 is 15.2 Å². The Morgan fingerprint density at radius 2 is 1.81 bits per heavy atom. The van der Waals surface area contributed by atoms with Gasteiger partial charge in [0.2, 0.25) is 12.7 Å². The van der Waals surface area contributed by atoms with Crippen LogP contribution in [-0.2, 0) is 11.3 Å². The number of hydrogen-bond donors (Lipinski definition) is 2. The summed E-state index contributed by atoms with van der Waals surface area (Å²) in [6.07, 6.45) is 0.552. The van der Waals surface area contributed by atoms with Crippen molar-refractivity contribution in [2.75, 3.05) is 33.0 Å². The SMILES string of the molecule is Cl.Cl.N[C@@H]1C[C@H](C(=O)N2CCN(Cc3ccc4c(c3)OCO4)CC2)C[C@H]1O. The van der Waals surface area contributed by atoms with Gasteiger partial charge in [-0.15, -0.1) is 24.8 Å². The van der Waals surface area contributed by atoms with E-state index in [1.54, 1.807) is 0 Å². The summed E-state index contributed by atoms with van der Waals surface area (Å²) in [4.78, 5) is 16.9. The molecule has 0 bridgehead atoms. The van der Waals surface area contributed by atoms with E-state index in [0.717, 1.165) is 44.2 Å². The van der Waals surface area contributed by atoms with E-state index in [0.29, 0.717) is 19.6 Å². The first-order valence-electron chi connectivity index (χ1n) is 8.93.